The molecule has 5 heteroatoms. The molecule has 1 heterocycles. The minimum Gasteiger partial charge on any atom is -0.385 e. The van der Waals surface area contributed by atoms with Crippen LogP contribution in [0, 0.1) is 0 Å². The summed E-state index contributed by atoms with van der Waals surface area (Å²) in [4.78, 5) is 4.30. The van der Waals surface area contributed by atoms with E-state index in [1.165, 1.54) is 0 Å². The van der Waals surface area contributed by atoms with Gasteiger partial charge in [-0.2, -0.15) is 4.98 Å². The van der Waals surface area contributed by atoms with Crippen molar-refractivity contribution in [3.8, 4) is 0 Å². The highest BCUT2D eigenvalue weighted by atomic mass is 16.5. The van der Waals surface area contributed by atoms with E-state index in [0.717, 1.165) is 5.56 Å². The highest BCUT2D eigenvalue weighted by molar-refractivity contribution is 5.18. The quantitative estimate of drug-likeness (QED) is 0.840. The number of hydrogen-bond donors (Lipinski definition) is 1. The van der Waals surface area contributed by atoms with Crippen molar-refractivity contribution in [1.29, 1.82) is 0 Å². The van der Waals surface area contributed by atoms with Crippen LogP contribution in [0.5, 0.6) is 0 Å². The molecule has 1 atom stereocenters. The maximum Gasteiger partial charge on any atom is 0.243 e. The first kappa shape index (κ1) is 12.7. The fraction of sp³-hybridized carbons (Fsp3) is 0.385. The van der Waals surface area contributed by atoms with Crippen LogP contribution in [-0.2, 0) is 11.2 Å². The van der Waals surface area contributed by atoms with Crippen LogP contribution in [0.2, 0.25) is 0 Å². The molecular weight excluding hydrogens is 230 g/mol. The SMILES string of the molecule is COCCC(N)c1nc(Cc2ccccc2)no1. The molecule has 5 nitrogen and oxygen atoms in total. The topological polar surface area (TPSA) is 74.2 Å². The van der Waals surface area contributed by atoms with Gasteiger partial charge < -0.3 is 15.0 Å². The monoisotopic (exact) mass is 247 g/mol. The van der Waals surface area contributed by atoms with Crippen LogP contribution >= 0.6 is 0 Å². The van der Waals surface area contributed by atoms with Gasteiger partial charge in [0.05, 0.1) is 6.04 Å². The molecule has 0 aliphatic heterocycles. The van der Waals surface area contributed by atoms with Gasteiger partial charge in [-0.05, 0) is 12.0 Å². The summed E-state index contributed by atoms with van der Waals surface area (Å²) in [7, 11) is 1.64. The Labute approximate surface area is 106 Å². The Bertz CT molecular complexity index is 470. The van der Waals surface area contributed by atoms with E-state index < -0.39 is 0 Å². The molecule has 18 heavy (non-hydrogen) atoms. The fourth-order valence-corrected chi connectivity index (χ4v) is 1.64. The Kier molecular flexibility index (Phi) is 4.44. The van der Waals surface area contributed by atoms with Gasteiger partial charge in [-0.1, -0.05) is 35.5 Å². The molecule has 0 amide bonds. The molecule has 0 radical (unpaired) electrons. The summed E-state index contributed by atoms with van der Waals surface area (Å²) in [5, 5.41) is 3.93. The predicted octanol–water partition coefficient (Wildman–Crippen LogP) is 1.70. The Morgan fingerprint density at radius 3 is 2.83 bits per heavy atom. The zero-order valence-corrected chi connectivity index (χ0v) is 10.4. The van der Waals surface area contributed by atoms with E-state index in [-0.39, 0.29) is 6.04 Å². The maximum absolute atomic E-state index is 5.91. The molecule has 0 saturated heterocycles. The van der Waals surface area contributed by atoms with Crippen LogP contribution in [0.4, 0.5) is 0 Å². The molecule has 0 saturated carbocycles. The van der Waals surface area contributed by atoms with Crippen LogP contribution in [0.25, 0.3) is 0 Å². The Hall–Kier alpha value is -1.72. The third-order valence-electron chi connectivity index (χ3n) is 2.64. The lowest BCUT2D eigenvalue weighted by Crippen LogP contribution is -2.13. The molecule has 2 rings (SSSR count). The van der Waals surface area contributed by atoms with E-state index in [1.54, 1.807) is 7.11 Å². The Morgan fingerprint density at radius 2 is 2.11 bits per heavy atom. The van der Waals surface area contributed by atoms with Crippen LogP contribution in [0.1, 0.15) is 29.7 Å². The number of nitrogens with two attached hydrogens (primary N) is 1. The van der Waals surface area contributed by atoms with Crippen molar-refractivity contribution in [2.24, 2.45) is 5.73 Å². The average Bonchev–Trinajstić information content (AvgIpc) is 2.86. The van der Waals surface area contributed by atoms with Crippen LogP contribution < -0.4 is 5.73 Å². The highest BCUT2D eigenvalue weighted by Gasteiger charge is 2.14. The zero-order chi connectivity index (χ0) is 12.8. The van der Waals surface area contributed by atoms with Crippen molar-refractivity contribution in [2.45, 2.75) is 18.9 Å². The van der Waals surface area contributed by atoms with Crippen LogP contribution in [0.3, 0.4) is 0 Å². The average molecular weight is 247 g/mol. The van der Waals surface area contributed by atoms with Gasteiger partial charge in [0.1, 0.15) is 0 Å². The highest BCUT2D eigenvalue weighted by Crippen LogP contribution is 2.13. The number of hydrogen-bond acceptors (Lipinski definition) is 5. The van der Waals surface area contributed by atoms with E-state index in [1.807, 2.05) is 30.3 Å². The smallest absolute Gasteiger partial charge is 0.243 e. The molecular formula is C13H17N3O2. The number of nitrogens with zero attached hydrogens (tertiary/aromatic N) is 2. The van der Waals surface area contributed by atoms with Gasteiger partial charge >= 0.3 is 0 Å². The summed E-state index contributed by atoms with van der Waals surface area (Å²) in [6.07, 6.45) is 1.32. The Balaban J connectivity index is 1.98. The van der Waals surface area contributed by atoms with E-state index in [2.05, 4.69) is 10.1 Å². The maximum atomic E-state index is 5.91. The van der Waals surface area contributed by atoms with Gasteiger partial charge in [0.15, 0.2) is 5.82 Å². The molecule has 1 unspecified atom stereocenters. The first-order valence-electron chi connectivity index (χ1n) is 5.90. The van der Waals surface area contributed by atoms with Crippen molar-refractivity contribution in [3.63, 3.8) is 0 Å². The fourth-order valence-electron chi connectivity index (χ4n) is 1.64. The number of rotatable bonds is 6. The first-order chi connectivity index (χ1) is 8.79. The van der Waals surface area contributed by atoms with E-state index in [0.29, 0.717) is 31.2 Å². The Morgan fingerprint density at radius 1 is 1.33 bits per heavy atom. The van der Waals surface area contributed by atoms with Gasteiger partial charge in [-0.3, -0.25) is 0 Å². The minimum atomic E-state index is -0.262. The molecule has 1 aromatic heterocycles. The first-order valence-corrected chi connectivity index (χ1v) is 5.90. The molecule has 0 fully saturated rings. The van der Waals surface area contributed by atoms with Crippen molar-refractivity contribution in [1.82, 2.24) is 10.1 Å². The van der Waals surface area contributed by atoms with E-state index in [4.69, 9.17) is 15.0 Å². The third-order valence-corrected chi connectivity index (χ3v) is 2.64. The summed E-state index contributed by atoms with van der Waals surface area (Å²) in [5.74, 6) is 1.13. The minimum absolute atomic E-state index is 0.262. The van der Waals surface area contributed by atoms with Gasteiger partial charge in [0.25, 0.3) is 0 Å². The molecule has 1 aromatic carbocycles. The summed E-state index contributed by atoms with van der Waals surface area (Å²) >= 11 is 0. The van der Waals surface area contributed by atoms with E-state index >= 15 is 0 Å². The number of benzene rings is 1. The van der Waals surface area contributed by atoms with Crippen molar-refractivity contribution < 1.29 is 9.26 Å². The second-order valence-corrected chi connectivity index (χ2v) is 4.10. The molecule has 0 bridgehead atoms. The van der Waals surface area contributed by atoms with Gasteiger partial charge in [0.2, 0.25) is 5.89 Å². The second-order valence-electron chi connectivity index (χ2n) is 4.10. The molecule has 96 valence electrons. The largest absolute Gasteiger partial charge is 0.385 e. The number of ether oxygens (including phenoxy) is 1. The summed E-state index contributed by atoms with van der Waals surface area (Å²) in [6, 6.07) is 9.75. The molecule has 0 aliphatic carbocycles. The van der Waals surface area contributed by atoms with Crippen molar-refractivity contribution in [2.75, 3.05) is 13.7 Å². The molecule has 2 aromatic rings. The lowest BCUT2D eigenvalue weighted by Gasteiger charge is -2.04. The summed E-state index contributed by atoms with van der Waals surface area (Å²) in [6.45, 7) is 0.581. The second kappa shape index (κ2) is 6.28. The van der Waals surface area contributed by atoms with Crippen LogP contribution in [-0.4, -0.2) is 23.9 Å². The predicted molar refractivity (Wildman–Crippen MR) is 67.0 cm³/mol. The number of methoxy groups -OCH3 is 1. The lowest BCUT2D eigenvalue weighted by atomic mass is 10.1. The molecule has 2 N–H and O–H groups in total. The van der Waals surface area contributed by atoms with Gasteiger partial charge in [-0.25, -0.2) is 0 Å². The number of aromatic nitrogens is 2. The van der Waals surface area contributed by atoms with E-state index in [9.17, 15) is 0 Å². The van der Waals surface area contributed by atoms with Crippen molar-refractivity contribution in [3.05, 3.63) is 47.6 Å². The van der Waals surface area contributed by atoms with Crippen LogP contribution in [0.15, 0.2) is 34.9 Å². The van der Waals surface area contributed by atoms with Gasteiger partial charge in [0, 0.05) is 20.1 Å². The van der Waals surface area contributed by atoms with Crippen molar-refractivity contribution >= 4 is 0 Å². The lowest BCUT2D eigenvalue weighted by molar-refractivity contribution is 0.182. The molecule has 0 spiro atoms. The summed E-state index contributed by atoms with van der Waals surface area (Å²) in [5.41, 5.74) is 7.06. The molecule has 0 aliphatic rings. The summed E-state index contributed by atoms with van der Waals surface area (Å²) < 4.78 is 10.1. The van der Waals surface area contributed by atoms with Gasteiger partial charge in [-0.15, -0.1) is 0 Å². The third kappa shape index (κ3) is 3.38. The zero-order valence-electron chi connectivity index (χ0n) is 10.4. The normalized spacial score (nSPS) is 12.6. The standard InChI is InChI=1S/C13H17N3O2/c1-17-8-7-11(14)13-15-12(16-18-13)9-10-5-3-2-4-6-10/h2-6,11H,7-9,14H2,1H3.